The summed E-state index contributed by atoms with van der Waals surface area (Å²) in [5.74, 6) is -3.59. The molecule has 0 saturated carbocycles. The maximum Gasteiger partial charge on any atom is 0.490 e. The molecule has 0 heterocycles. The number of halogens is 3. The Morgan fingerprint density at radius 1 is 1.21 bits per heavy atom. The Labute approximate surface area is 75.6 Å². The first-order chi connectivity index (χ1) is 6.09. The van der Waals surface area contributed by atoms with Crippen LogP contribution in [0.15, 0.2) is 0 Å². The smallest absolute Gasteiger partial charge is 0.483 e. The van der Waals surface area contributed by atoms with Gasteiger partial charge in [0.15, 0.2) is 0 Å². The van der Waals surface area contributed by atoms with Gasteiger partial charge in [-0.1, -0.05) is 0 Å². The zero-order chi connectivity index (χ0) is 12.4. The number of aliphatic carboxylic acids is 2. The second kappa shape index (κ2) is 9.29. The number of carboxylic acids is 2. The van der Waals surface area contributed by atoms with Crippen LogP contribution in [0.4, 0.5) is 13.2 Å². The summed E-state index contributed by atoms with van der Waals surface area (Å²) in [7, 11) is 0. The van der Waals surface area contributed by atoms with Crippen molar-refractivity contribution in [2.24, 2.45) is 0 Å². The van der Waals surface area contributed by atoms with Crippen LogP contribution in [0.2, 0.25) is 0 Å². The van der Waals surface area contributed by atoms with Crippen molar-refractivity contribution < 1.29 is 42.9 Å². The van der Waals surface area contributed by atoms with Crippen LogP contribution in [-0.2, 0) is 14.4 Å². The van der Waals surface area contributed by atoms with Crippen LogP contribution in [0.25, 0.3) is 0 Å². The van der Waals surface area contributed by atoms with Crippen molar-refractivity contribution in [2.75, 3.05) is 0 Å². The molecule has 0 radical (unpaired) electrons. The highest BCUT2D eigenvalue weighted by Gasteiger charge is 2.38. The highest BCUT2D eigenvalue weighted by Crippen LogP contribution is 2.13. The second-order valence-corrected chi connectivity index (χ2v) is 1.43. The van der Waals surface area contributed by atoms with Crippen LogP contribution in [0, 0.1) is 0 Å². The number of hydrogen-bond acceptors (Lipinski definition) is 3. The first kappa shape index (κ1) is 18.1. The molecular weight excluding hydrogens is 213 g/mol. The van der Waals surface area contributed by atoms with Crippen molar-refractivity contribution in [3.8, 4) is 0 Å². The van der Waals surface area contributed by atoms with Crippen molar-refractivity contribution in [3.05, 3.63) is 0 Å². The average molecular weight is 220 g/mol. The third kappa shape index (κ3) is 48.9. The largest absolute Gasteiger partial charge is 0.490 e. The Hall–Kier alpha value is -1.80. The highest BCUT2D eigenvalue weighted by atomic mass is 19.4. The third-order valence-corrected chi connectivity index (χ3v) is 0.243. The van der Waals surface area contributed by atoms with Gasteiger partial charge in [-0.25, -0.2) is 4.79 Å². The molecule has 0 amide bonds. The van der Waals surface area contributed by atoms with Gasteiger partial charge in [0.2, 0.25) is 0 Å². The van der Waals surface area contributed by atoms with Gasteiger partial charge in [0.05, 0.1) is 0 Å². The highest BCUT2D eigenvalue weighted by molar-refractivity contribution is 5.73. The third-order valence-electron chi connectivity index (χ3n) is 0.243. The van der Waals surface area contributed by atoms with Gasteiger partial charge < -0.3 is 15.3 Å². The van der Waals surface area contributed by atoms with Crippen LogP contribution in [0.1, 0.15) is 6.92 Å². The monoisotopic (exact) mass is 220 g/mol. The van der Waals surface area contributed by atoms with E-state index in [0.717, 1.165) is 6.92 Å². The maximum atomic E-state index is 10.6. The van der Waals surface area contributed by atoms with Gasteiger partial charge in [-0.15, -0.1) is 0 Å². The first-order valence-electron chi connectivity index (χ1n) is 2.67. The summed E-state index contributed by atoms with van der Waals surface area (Å²) in [4.78, 5) is 26.3. The summed E-state index contributed by atoms with van der Waals surface area (Å²) in [6.07, 6.45) is -5.08. The molecule has 0 saturated heterocycles. The molecule has 0 spiro atoms. The predicted octanol–water partition coefficient (Wildman–Crippen LogP) is 0.425. The lowest BCUT2D eigenvalue weighted by molar-refractivity contribution is -0.192. The Morgan fingerprint density at radius 2 is 1.29 bits per heavy atom. The van der Waals surface area contributed by atoms with E-state index >= 15 is 0 Å². The second-order valence-electron chi connectivity index (χ2n) is 1.43. The van der Waals surface area contributed by atoms with Crippen LogP contribution in [-0.4, -0.2) is 39.9 Å². The molecule has 84 valence electrons. The van der Waals surface area contributed by atoms with E-state index in [-0.39, 0.29) is 6.47 Å². The maximum absolute atomic E-state index is 10.6. The number of alkyl halides is 3. The molecule has 14 heavy (non-hydrogen) atoms. The van der Waals surface area contributed by atoms with Crippen molar-refractivity contribution in [1.29, 1.82) is 0 Å². The SMILES string of the molecule is CC(=O)O.O=C(O)C(F)(F)F.O=CO. The van der Waals surface area contributed by atoms with Crippen LogP contribution in [0.3, 0.4) is 0 Å². The molecule has 0 aliphatic rings. The fraction of sp³-hybridized carbons (Fsp3) is 0.400. The van der Waals surface area contributed by atoms with Gasteiger partial charge in [0.25, 0.3) is 12.4 Å². The molecule has 6 nitrogen and oxygen atoms in total. The molecule has 0 atom stereocenters. The summed E-state index contributed by atoms with van der Waals surface area (Å²) in [6, 6.07) is 0. The molecule has 0 rings (SSSR count). The predicted molar refractivity (Wildman–Crippen MR) is 35.7 cm³/mol. The Morgan fingerprint density at radius 3 is 1.29 bits per heavy atom. The number of rotatable bonds is 0. The molecule has 0 aromatic carbocycles. The summed E-state index contributed by atoms with van der Waals surface area (Å²) >= 11 is 0. The fourth-order valence-electron chi connectivity index (χ4n) is 0. The van der Waals surface area contributed by atoms with E-state index < -0.39 is 18.1 Å². The summed E-state index contributed by atoms with van der Waals surface area (Å²) in [5, 5.41) is 21.4. The molecule has 0 unspecified atom stereocenters. The Bertz CT molecular complexity index is 182. The molecule has 0 bridgehead atoms. The van der Waals surface area contributed by atoms with E-state index in [0.29, 0.717) is 0 Å². The van der Waals surface area contributed by atoms with Gasteiger partial charge in [-0.05, 0) is 0 Å². The number of hydrogen-bond donors (Lipinski definition) is 3. The number of carboxylic acid groups (broad SMARTS) is 3. The molecular formula is C5H7F3O6. The van der Waals surface area contributed by atoms with E-state index in [1.54, 1.807) is 0 Å². The molecule has 0 fully saturated rings. The minimum absolute atomic E-state index is 0.250. The quantitative estimate of drug-likeness (QED) is 0.510. The minimum atomic E-state index is -5.08. The molecule has 0 aliphatic heterocycles. The summed E-state index contributed by atoms with van der Waals surface area (Å²) < 4.78 is 31.7. The van der Waals surface area contributed by atoms with Crippen LogP contribution >= 0.6 is 0 Å². The number of carbonyl (C=O) groups is 3. The molecule has 0 aliphatic carbocycles. The standard InChI is InChI=1S/C2HF3O2.C2H4O2.CH2O2/c3-2(4,5)1(6)7;1-2(3)4;2-1-3/h(H,6,7);1H3,(H,3,4);1H,(H,2,3). The zero-order valence-electron chi connectivity index (χ0n) is 6.78. The van der Waals surface area contributed by atoms with Gasteiger partial charge in [-0.2, -0.15) is 13.2 Å². The zero-order valence-corrected chi connectivity index (χ0v) is 6.78. The van der Waals surface area contributed by atoms with E-state index in [9.17, 15) is 13.2 Å². The minimum Gasteiger partial charge on any atom is -0.483 e. The van der Waals surface area contributed by atoms with Crippen molar-refractivity contribution >= 4 is 18.4 Å². The molecule has 3 N–H and O–H groups in total. The normalized spacial score (nSPS) is 8.29. The van der Waals surface area contributed by atoms with Crippen molar-refractivity contribution in [3.63, 3.8) is 0 Å². The molecule has 0 aromatic rings. The van der Waals surface area contributed by atoms with Crippen molar-refractivity contribution in [2.45, 2.75) is 13.1 Å². The molecule has 9 heteroatoms. The van der Waals surface area contributed by atoms with Gasteiger partial charge >= 0.3 is 12.1 Å². The average Bonchev–Trinajstić information content (AvgIpc) is 1.84. The van der Waals surface area contributed by atoms with Gasteiger partial charge in [0.1, 0.15) is 0 Å². The van der Waals surface area contributed by atoms with E-state index in [4.69, 9.17) is 29.7 Å². The van der Waals surface area contributed by atoms with Crippen LogP contribution in [0.5, 0.6) is 0 Å². The fourth-order valence-corrected chi connectivity index (χ4v) is 0. The topological polar surface area (TPSA) is 112 Å². The summed E-state index contributed by atoms with van der Waals surface area (Å²) in [6.45, 7) is 0.833. The van der Waals surface area contributed by atoms with Gasteiger partial charge in [-0.3, -0.25) is 9.59 Å². The molecule has 0 aromatic heterocycles. The lowest BCUT2D eigenvalue weighted by Crippen LogP contribution is -2.21. The van der Waals surface area contributed by atoms with E-state index in [1.165, 1.54) is 0 Å². The summed E-state index contributed by atoms with van der Waals surface area (Å²) in [5.41, 5.74) is 0. The lowest BCUT2D eigenvalue weighted by Gasteiger charge is -1.93. The Balaban J connectivity index is -0.000000147. The Kier molecular flexibility index (Phi) is 12.0. The lowest BCUT2D eigenvalue weighted by atomic mass is 10.7. The van der Waals surface area contributed by atoms with Crippen LogP contribution < -0.4 is 0 Å². The van der Waals surface area contributed by atoms with Crippen molar-refractivity contribution in [1.82, 2.24) is 0 Å². The van der Waals surface area contributed by atoms with E-state index in [1.807, 2.05) is 0 Å². The first-order valence-corrected chi connectivity index (χ1v) is 2.67. The van der Waals surface area contributed by atoms with E-state index in [2.05, 4.69) is 0 Å². The van der Waals surface area contributed by atoms with Gasteiger partial charge in [0, 0.05) is 6.92 Å².